The molecule has 0 saturated carbocycles. The summed E-state index contributed by atoms with van der Waals surface area (Å²) in [4.78, 5) is 25.0. The van der Waals surface area contributed by atoms with Crippen LogP contribution in [0.25, 0.3) is 10.6 Å². The van der Waals surface area contributed by atoms with Gasteiger partial charge in [-0.25, -0.2) is 9.97 Å². The lowest BCUT2D eigenvalue weighted by molar-refractivity contribution is 0.0956. The van der Waals surface area contributed by atoms with Crippen molar-refractivity contribution in [1.29, 1.82) is 0 Å². The Kier molecular flexibility index (Phi) is 18.4. The van der Waals surface area contributed by atoms with Crippen LogP contribution in [0.15, 0.2) is 60.5 Å². The molecular formula is C29H45N5O3S. The Hall–Kier alpha value is -2.85. The molecule has 9 heteroatoms. The number of likely N-dealkylation sites (N-methyl/N-ethyl adjacent to an activating group) is 1. The van der Waals surface area contributed by atoms with Crippen molar-refractivity contribution >= 4 is 23.2 Å². The van der Waals surface area contributed by atoms with Crippen LogP contribution in [0.4, 0.5) is 5.95 Å². The molecule has 0 aliphatic rings. The van der Waals surface area contributed by atoms with Gasteiger partial charge in [-0.2, -0.15) is 0 Å². The monoisotopic (exact) mass is 543 g/mol. The van der Waals surface area contributed by atoms with E-state index in [-0.39, 0.29) is 19.1 Å². The maximum absolute atomic E-state index is 12.3. The number of hydrogen-bond donors (Lipinski definition) is 4. The molecule has 4 N–H and O–H groups in total. The highest BCUT2D eigenvalue weighted by atomic mass is 32.1. The summed E-state index contributed by atoms with van der Waals surface area (Å²) < 4.78 is 0. The summed E-state index contributed by atoms with van der Waals surface area (Å²) >= 11 is 1.39. The Morgan fingerprint density at radius 3 is 2.66 bits per heavy atom. The van der Waals surface area contributed by atoms with E-state index in [1.54, 1.807) is 12.3 Å². The Bertz CT molecular complexity index is 1000. The molecule has 2 heterocycles. The summed E-state index contributed by atoms with van der Waals surface area (Å²) in [6.45, 7) is 11.4. The van der Waals surface area contributed by atoms with Crippen molar-refractivity contribution < 1.29 is 15.0 Å². The van der Waals surface area contributed by atoms with Crippen LogP contribution >= 0.6 is 11.3 Å². The van der Waals surface area contributed by atoms with Crippen molar-refractivity contribution in [3.63, 3.8) is 0 Å². The van der Waals surface area contributed by atoms with E-state index in [0.717, 1.165) is 42.9 Å². The number of unbranched alkanes of at least 4 members (excludes halogenated alkanes) is 1. The van der Waals surface area contributed by atoms with E-state index in [1.165, 1.54) is 16.9 Å². The van der Waals surface area contributed by atoms with Crippen LogP contribution in [0.2, 0.25) is 0 Å². The molecule has 0 atom stereocenters. The van der Waals surface area contributed by atoms with Crippen molar-refractivity contribution in [2.45, 2.75) is 53.4 Å². The summed E-state index contributed by atoms with van der Waals surface area (Å²) in [7, 11) is 0. The summed E-state index contributed by atoms with van der Waals surface area (Å²) in [6, 6.07) is 5.52. The fourth-order valence-electron chi connectivity index (χ4n) is 3.38. The molecule has 2 aromatic rings. The third kappa shape index (κ3) is 13.1. The third-order valence-electron chi connectivity index (χ3n) is 5.45. The predicted octanol–water partition coefficient (Wildman–Crippen LogP) is 5.26. The lowest BCUT2D eigenvalue weighted by Crippen LogP contribution is -2.27. The maximum Gasteiger partial charge on any atom is 0.261 e. The fraction of sp³-hybridized carbons (Fsp3) is 0.483. The number of thiophene rings is 1. The molecule has 0 unspecified atom stereocenters. The summed E-state index contributed by atoms with van der Waals surface area (Å²) in [5.41, 5.74) is 1.94. The van der Waals surface area contributed by atoms with Gasteiger partial charge in [0.1, 0.15) is 0 Å². The Morgan fingerprint density at radius 2 is 1.95 bits per heavy atom. The van der Waals surface area contributed by atoms with Crippen LogP contribution in [0.3, 0.4) is 0 Å². The van der Waals surface area contributed by atoms with Gasteiger partial charge in [0.2, 0.25) is 5.95 Å². The van der Waals surface area contributed by atoms with Gasteiger partial charge in [0.25, 0.3) is 5.91 Å². The van der Waals surface area contributed by atoms with Crippen molar-refractivity contribution in [1.82, 2.24) is 20.2 Å². The molecule has 0 aliphatic heterocycles. The molecule has 2 aromatic heterocycles. The normalized spacial score (nSPS) is 11.7. The second-order valence-corrected chi connectivity index (χ2v) is 9.17. The molecule has 8 nitrogen and oxygen atoms in total. The van der Waals surface area contributed by atoms with E-state index in [4.69, 9.17) is 5.11 Å². The highest BCUT2D eigenvalue weighted by molar-refractivity contribution is 7.17. The van der Waals surface area contributed by atoms with E-state index in [0.29, 0.717) is 30.3 Å². The van der Waals surface area contributed by atoms with Gasteiger partial charge in [-0.1, -0.05) is 39.0 Å². The van der Waals surface area contributed by atoms with Gasteiger partial charge >= 0.3 is 0 Å². The molecule has 1 amide bonds. The fourth-order valence-corrected chi connectivity index (χ4v) is 4.27. The number of carbonyl (C=O) groups excluding carboxylic acids is 1. The van der Waals surface area contributed by atoms with Crippen LogP contribution in [0.1, 0.15) is 63.0 Å². The Labute approximate surface area is 232 Å². The van der Waals surface area contributed by atoms with Gasteiger partial charge in [0.05, 0.1) is 22.1 Å². The minimum atomic E-state index is -0.114. The predicted molar refractivity (Wildman–Crippen MR) is 159 cm³/mol. The second kappa shape index (κ2) is 21.1. The zero-order chi connectivity index (χ0) is 28.0. The molecule has 0 bridgehead atoms. The highest BCUT2D eigenvalue weighted by Gasteiger charge is 2.11. The van der Waals surface area contributed by atoms with Gasteiger partial charge in [-0.3, -0.25) is 4.79 Å². The number of aromatic nitrogens is 2. The van der Waals surface area contributed by atoms with E-state index in [2.05, 4.69) is 44.6 Å². The van der Waals surface area contributed by atoms with E-state index >= 15 is 0 Å². The largest absolute Gasteiger partial charge is 0.396 e. The van der Waals surface area contributed by atoms with Crippen molar-refractivity contribution in [2.24, 2.45) is 0 Å². The average Bonchev–Trinajstić information content (AvgIpc) is 3.45. The number of rotatable bonds is 17. The Balaban J connectivity index is 0.00000352. The molecule has 2 rings (SSSR count). The quantitative estimate of drug-likeness (QED) is 0.122. The Morgan fingerprint density at radius 1 is 1.13 bits per heavy atom. The number of allylic oxidation sites excluding steroid dienone is 4. The smallest absolute Gasteiger partial charge is 0.261 e. The van der Waals surface area contributed by atoms with Gasteiger partial charge in [0, 0.05) is 38.6 Å². The van der Waals surface area contributed by atoms with Gasteiger partial charge in [-0.05, 0) is 69.0 Å². The molecule has 38 heavy (non-hydrogen) atoms. The molecular weight excluding hydrogens is 498 g/mol. The SMILES string of the molecule is C/C=C\CC=C(/C=C/Nc1nccc(-c2ccc(C(=O)NCCCCO)s2)n1)CCN(CC)CCO.CC. The topological polar surface area (TPSA) is 111 Å². The maximum atomic E-state index is 12.3. The number of aliphatic hydroxyl groups excluding tert-OH is 2. The lowest BCUT2D eigenvalue weighted by atomic mass is 10.1. The van der Waals surface area contributed by atoms with Gasteiger partial charge in [-0.15, -0.1) is 11.3 Å². The van der Waals surface area contributed by atoms with Crippen molar-refractivity contribution in [3.8, 4) is 10.6 Å². The number of nitrogens with zero attached hydrogens (tertiary/aromatic N) is 3. The molecule has 0 fully saturated rings. The molecule has 0 aromatic carbocycles. The van der Waals surface area contributed by atoms with Crippen molar-refractivity contribution in [2.75, 3.05) is 44.7 Å². The van der Waals surface area contributed by atoms with E-state index in [9.17, 15) is 9.90 Å². The summed E-state index contributed by atoms with van der Waals surface area (Å²) in [5.74, 6) is 0.368. The molecule has 0 spiro atoms. The van der Waals surface area contributed by atoms with Crippen LogP contribution in [-0.2, 0) is 0 Å². The van der Waals surface area contributed by atoms with Crippen LogP contribution in [0, 0.1) is 0 Å². The first-order valence-electron chi connectivity index (χ1n) is 13.5. The van der Waals surface area contributed by atoms with E-state index < -0.39 is 0 Å². The van der Waals surface area contributed by atoms with Gasteiger partial charge < -0.3 is 25.7 Å². The number of hydrogen-bond acceptors (Lipinski definition) is 8. The minimum Gasteiger partial charge on any atom is -0.396 e. The summed E-state index contributed by atoms with van der Waals surface area (Å²) in [6.07, 6.45) is 15.1. The molecule has 0 saturated heterocycles. The molecule has 210 valence electrons. The zero-order valence-electron chi connectivity index (χ0n) is 23.3. The average molecular weight is 544 g/mol. The standard InChI is InChI=1S/C27H39N5O3S.C2H6/c1-3-5-6-9-22(14-18-32(4-2)19-21-34)12-16-29-27-30-17-13-23(31-27)24-10-11-25(36-24)26(35)28-15-7-8-20-33;1-2/h3,5,9-13,16-17,33-34H,4,6-8,14-15,18-21H2,1-2H3,(H,28,35)(H,29,30,31);1-2H3/b5-3-,16-12+,22-9?;. The number of carbonyl (C=O) groups is 1. The van der Waals surface area contributed by atoms with Crippen LogP contribution in [-0.4, -0.2) is 70.4 Å². The second-order valence-electron chi connectivity index (χ2n) is 8.09. The summed E-state index contributed by atoms with van der Waals surface area (Å²) in [5, 5.41) is 24.1. The number of amides is 1. The minimum absolute atomic E-state index is 0.114. The van der Waals surface area contributed by atoms with Crippen LogP contribution in [0.5, 0.6) is 0 Å². The number of anilines is 1. The first-order chi connectivity index (χ1) is 18.6. The number of aliphatic hydroxyl groups is 2. The first kappa shape index (κ1) is 33.2. The van der Waals surface area contributed by atoms with E-state index in [1.807, 2.05) is 51.3 Å². The highest BCUT2D eigenvalue weighted by Crippen LogP contribution is 2.27. The lowest BCUT2D eigenvalue weighted by Gasteiger charge is -2.19. The third-order valence-corrected chi connectivity index (χ3v) is 6.56. The molecule has 0 radical (unpaired) electrons. The van der Waals surface area contributed by atoms with Gasteiger partial charge in [0.15, 0.2) is 0 Å². The first-order valence-corrected chi connectivity index (χ1v) is 14.3. The molecule has 0 aliphatic carbocycles. The van der Waals surface area contributed by atoms with Crippen LogP contribution < -0.4 is 10.6 Å². The van der Waals surface area contributed by atoms with Crippen molar-refractivity contribution in [3.05, 3.63) is 65.4 Å². The zero-order valence-corrected chi connectivity index (χ0v) is 24.1. The number of nitrogens with one attached hydrogen (secondary N) is 2.